The second kappa shape index (κ2) is 8.64. The van der Waals surface area contributed by atoms with Crippen molar-refractivity contribution in [3.63, 3.8) is 0 Å². The van der Waals surface area contributed by atoms with Gasteiger partial charge in [-0.15, -0.1) is 0 Å². The lowest BCUT2D eigenvalue weighted by atomic mass is 9.94. The van der Waals surface area contributed by atoms with E-state index in [4.69, 9.17) is 0 Å². The summed E-state index contributed by atoms with van der Waals surface area (Å²) in [4.78, 5) is 6.41. The van der Waals surface area contributed by atoms with Crippen LogP contribution in [0.4, 0.5) is 14.5 Å². The van der Waals surface area contributed by atoms with Gasteiger partial charge in [-0.25, -0.2) is 13.1 Å². The monoisotopic (exact) mass is 462 g/mol. The number of rotatable bonds is 7. The second-order valence-electron chi connectivity index (χ2n) is 8.32. The Morgan fingerprint density at radius 3 is 2.53 bits per heavy atom. The molecule has 2 heterocycles. The van der Waals surface area contributed by atoms with Crippen LogP contribution in [0.5, 0.6) is 5.75 Å². The van der Waals surface area contributed by atoms with Crippen molar-refractivity contribution in [2.75, 3.05) is 4.90 Å². The Morgan fingerprint density at radius 1 is 1.25 bits per heavy atom. The fraction of sp³-hybridized carbons (Fsp3) is 0.455. The Balaban J connectivity index is 1.67. The van der Waals surface area contributed by atoms with Gasteiger partial charge in [0.15, 0.2) is 0 Å². The third-order valence-corrected chi connectivity index (χ3v) is 7.46. The molecule has 1 aromatic carbocycles. The number of hydrogen-bond acceptors (Lipinski definition) is 6. The van der Waals surface area contributed by atoms with Crippen molar-refractivity contribution < 1.29 is 21.9 Å². The molecule has 1 fully saturated rings. The molecule has 1 aliphatic heterocycles. The minimum Gasteiger partial charge on any atom is -0.435 e. The molecule has 2 unspecified atom stereocenters. The number of nitrogens with one attached hydrogen (secondary N) is 1. The lowest BCUT2D eigenvalue weighted by Gasteiger charge is -2.32. The summed E-state index contributed by atoms with van der Waals surface area (Å²) < 4.78 is 57.8. The summed E-state index contributed by atoms with van der Waals surface area (Å²) in [6.07, 6.45) is 3.97. The molecule has 0 radical (unpaired) electrons. The maximum absolute atomic E-state index is 12.7. The number of nitrogens with zero attached hydrogens (tertiary/aromatic N) is 3. The molecule has 1 saturated carbocycles. The Morgan fingerprint density at radius 2 is 2.00 bits per heavy atom. The number of alkyl halides is 2. The summed E-state index contributed by atoms with van der Waals surface area (Å²) in [7, 11) is -3.66. The third kappa shape index (κ3) is 4.14. The van der Waals surface area contributed by atoms with Gasteiger partial charge in [0.05, 0.1) is 23.7 Å². The van der Waals surface area contributed by atoms with Crippen molar-refractivity contribution in [3.8, 4) is 11.8 Å². The van der Waals surface area contributed by atoms with E-state index >= 15 is 0 Å². The number of aromatic nitrogens is 1. The van der Waals surface area contributed by atoms with Crippen molar-refractivity contribution in [3.05, 3.63) is 47.8 Å². The van der Waals surface area contributed by atoms with Gasteiger partial charge in [-0.2, -0.15) is 14.0 Å². The fourth-order valence-corrected chi connectivity index (χ4v) is 5.51. The zero-order chi connectivity index (χ0) is 23.0. The smallest absolute Gasteiger partial charge is 0.387 e. The van der Waals surface area contributed by atoms with E-state index in [1.54, 1.807) is 12.1 Å². The molecule has 4 rings (SSSR count). The summed E-state index contributed by atoms with van der Waals surface area (Å²) >= 11 is 0. The van der Waals surface area contributed by atoms with E-state index < -0.39 is 28.6 Å². The van der Waals surface area contributed by atoms with E-state index in [1.807, 2.05) is 18.7 Å². The Kier molecular flexibility index (Phi) is 6.05. The molecule has 1 aromatic heterocycles. The average molecular weight is 463 g/mol. The highest BCUT2D eigenvalue weighted by molar-refractivity contribution is 7.89. The van der Waals surface area contributed by atoms with E-state index in [1.165, 1.54) is 24.4 Å². The first kappa shape index (κ1) is 22.4. The van der Waals surface area contributed by atoms with Crippen molar-refractivity contribution in [1.29, 1.82) is 5.26 Å². The lowest BCUT2D eigenvalue weighted by Crippen LogP contribution is -2.39. The predicted octanol–water partition coefficient (Wildman–Crippen LogP) is 4.09. The number of nitriles is 1. The first-order valence-corrected chi connectivity index (χ1v) is 11.9. The van der Waals surface area contributed by atoms with E-state index in [9.17, 15) is 22.5 Å². The topological polar surface area (TPSA) is 95.3 Å². The molecular weight excluding hydrogens is 438 g/mol. The Bertz CT molecular complexity index is 1130. The van der Waals surface area contributed by atoms with Gasteiger partial charge >= 0.3 is 6.61 Å². The van der Waals surface area contributed by atoms with Gasteiger partial charge in [0.25, 0.3) is 0 Å². The van der Waals surface area contributed by atoms with Crippen LogP contribution in [-0.4, -0.2) is 32.1 Å². The maximum Gasteiger partial charge on any atom is 0.387 e. The minimum atomic E-state index is -3.66. The molecule has 0 bridgehead atoms. The standard InChI is InChI=1S/C22H24F2N4O3S/c1-13(2)28-20-10-15(31-22(23)24)6-8-17(20)18(11-25)21(28)19-9-7-16(12-26-19)32(29,30)27-14-4-3-5-14/h6-10,12-14,18,21-22,27H,3-5H2,1-2H3. The average Bonchev–Trinajstić information content (AvgIpc) is 3.04. The quantitative estimate of drug-likeness (QED) is 0.666. The number of pyridine rings is 1. The van der Waals surface area contributed by atoms with Crippen LogP contribution in [0.3, 0.4) is 0 Å². The summed E-state index contributed by atoms with van der Waals surface area (Å²) in [5.74, 6) is -0.589. The van der Waals surface area contributed by atoms with E-state index in [-0.39, 0.29) is 22.7 Å². The SMILES string of the molecule is CC(C)N1c2cc(OC(F)F)ccc2C(C#N)C1c1ccc(S(=O)(=O)NC2CCC2)cn1. The molecule has 0 amide bonds. The van der Waals surface area contributed by atoms with Crippen LogP contribution in [0.25, 0.3) is 0 Å². The van der Waals surface area contributed by atoms with Crippen LogP contribution in [-0.2, 0) is 10.0 Å². The van der Waals surface area contributed by atoms with Gasteiger partial charge in [-0.1, -0.05) is 12.5 Å². The van der Waals surface area contributed by atoms with Crippen molar-refractivity contribution in [1.82, 2.24) is 9.71 Å². The van der Waals surface area contributed by atoms with Gasteiger partial charge in [-0.05, 0) is 50.5 Å². The van der Waals surface area contributed by atoms with E-state index in [0.29, 0.717) is 16.9 Å². The molecule has 7 nitrogen and oxygen atoms in total. The van der Waals surface area contributed by atoms with Crippen LogP contribution in [0.15, 0.2) is 41.4 Å². The first-order valence-electron chi connectivity index (χ1n) is 10.5. The highest BCUT2D eigenvalue weighted by atomic mass is 32.2. The third-order valence-electron chi connectivity index (χ3n) is 5.95. The van der Waals surface area contributed by atoms with Gasteiger partial charge in [0, 0.05) is 30.0 Å². The highest BCUT2D eigenvalue weighted by Crippen LogP contribution is 2.50. The van der Waals surface area contributed by atoms with Gasteiger partial charge in [-0.3, -0.25) is 4.98 Å². The molecule has 32 heavy (non-hydrogen) atoms. The van der Waals surface area contributed by atoms with Crippen LogP contribution in [0.2, 0.25) is 0 Å². The molecule has 1 N–H and O–H groups in total. The maximum atomic E-state index is 12.7. The molecule has 10 heteroatoms. The Labute approximate surface area is 186 Å². The summed E-state index contributed by atoms with van der Waals surface area (Å²) in [5.41, 5.74) is 1.85. The molecule has 1 aliphatic carbocycles. The minimum absolute atomic E-state index is 0.0122. The molecule has 0 spiro atoms. The first-order chi connectivity index (χ1) is 15.2. The van der Waals surface area contributed by atoms with Crippen LogP contribution >= 0.6 is 0 Å². The van der Waals surface area contributed by atoms with Crippen LogP contribution in [0, 0.1) is 11.3 Å². The van der Waals surface area contributed by atoms with Gasteiger partial charge in [0.2, 0.25) is 10.0 Å². The van der Waals surface area contributed by atoms with E-state index in [2.05, 4.69) is 20.5 Å². The predicted molar refractivity (Wildman–Crippen MR) is 114 cm³/mol. The zero-order valence-corrected chi connectivity index (χ0v) is 18.5. The number of hydrogen-bond donors (Lipinski definition) is 1. The Hall–Kier alpha value is -2.77. The van der Waals surface area contributed by atoms with Crippen molar-refractivity contribution in [2.24, 2.45) is 0 Å². The van der Waals surface area contributed by atoms with Crippen molar-refractivity contribution in [2.45, 2.75) is 68.7 Å². The molecule has 0 saturated heterocycles. The number of benzene rings is 1. The summed E-state index contributed by atoms with van der Waals surface area (Å²) in [5, 5.41) is 9.91. The van der Waals surface area contributed by atoms with Crippen LogP contribution in [0.1, 0.15) is 56.3 Å². The van der Waals surface area contributed by atoms with Gasteiger partial charge in [0.1, 0.15) is 10.6 Å². The second-order valence-corrected chi connectivity index (χ2v) is 10.0. The lowest BCUT2D eigenvalue weighted by molar-refractivity contribution is -0.0498. The normalized spacial score (nSPS) is 20.8. The fourth-order valence-electron chi connectivity index (χ4n) is 4.26. The van der Waals surface area contributed by atoms with Gasteiger partial charge < -0.3 is 9.64 Å². The highest BCUT2D eigenvalue weighted by Gasteiger charge is 2.42. The molecule has 2 aliphatic rings. The van der Waals surface area contributed by atoms with E-state index in [0.717, 1.165) is 19.3 Å². The van der Waals surface area contributed by atoms with Crippen molar-refractivity contribution >= 4 is 15.7 Å². The largest absolute Gasteiger partial charge is 0.435 e. The molecule has 2 aromatic rings. The summed E-state index contributed by atoms with van der Waals surface area (Å²) in [6, 6.07) is 9.35. The van der Waals surface area contributed by atoms with Crippen LogP contribution < -0.4 is 14.4 Å². The number of halogens is 2. The number of sulfonamides is 1. The number of anilines is 1. The number of ether oxygens (including phenoxy) is 1. The zero-order valence-electron chi connectivity index (χ0n) is 17.7. The number of fused-ring (bicyclic) bond motifs is 1. The molecule has 170 valence electrons. The summed E-state index contributed by atoms with van der Waals surface area (Å²) in [6.45, 7) is 0.908. The molecular formula is C22H24F2N4O3S. The molecule has 2 atom stereocenters.